The zero-order valence-electron chi connectivity index (χ0n) is 19.3. The van der Waals surface area contributed by atoms with Gasteiger partial charge in [-0.25, -0.2) is 10.2 Å². The van der Waals surface area contributed by atoms with Crippen LogP contribution in [0.5, 0.6) is 5.75 Å². The van der Waals surface area contributed by atoms with Gasteiger partial charge in [-0.2, -0.15) is 5.10 Å². The molecule has 0 unspecified atom stereocenters. The van der Waals surface area contributed by atoms with E-state index in [1.807, 2.05) is 49.4 Å². The molecule has 0 atom stereocenters. The average molecular weight is 500 g/mol. The van der Waals surface area contributed by atoms with Crippen molar-refractivity contribution >= 4 is 46.4 Å². The maximum Gasteiger partial charge on any atom is 0.345 e. The highest BCUT2D eigenvalue weighted by Crippen LogP contribution is 2.28. The van der Waals surface area contributed by atoms with Crippen molar-refractivity contribution in [2.24, 2.45) is 5.10 Å². The van der Waals surface area contributed by atoms with Gasteiger partial charge >= 0.3 is 5.97 Å². The number of fused-ring (bicyclic) bond motifs is 1. The number of rotatable bonds is 7. The van der Waals surface area contributed by atoms with E-state index in [-0.39, 0.29) is 28.8 Å². The summed E-state index contributed by atoms with van der Waals surface area (Å²) in [4.78, 5) is 37.3. The zero-order chi connectivity index (χ0) is 25.5. The molecule has 0 aliphatic rings. The molecule has 180 valence electrons. The van der Waals surface area contributed by atoms with E-state index in [1.165, 1.54) is 6.21 Å². The minimum atomic E-state index is -0.617. The highest BCUT2D eigenvalue weighted by Gasteiger charge is 2.16. The minimum absolute atomic E-state index is 0.230. The molecule has 0 heterocycles. The normalized spacial score (nSPS) is 10.8. The van der Waals surface area contributed by atoms with Gasteiger partial charge in [0, 0.05) is 11.1 Å². The van der Waals surface area contributed by atoms with Crippen molar-refractivity contribution in [3.63, 3.8) is 0 Å². The Hall–Kier alpha value is -4.49. The van der Waals surface area contributed by atoms with Crippen molar-refractivity contribution in [3.8, 4) is 5.75 Å². The van der Waals surface area contributed by atoms with Crippen LogP contribution in [0.1, 0.15) is 31.8 Å². The molecule has 0 aliphatic heterocycles. The molecular formula is C28H22ClN3O4. The van der Waals surface area contributed by atoms with Crippen molar-refractivity contribution in [3.05, 3.63) is 112 Å². The number of ether oxygens (including phenoxy) is 1. The van der Waals surface area contributed by atoms with E-state index in [4.69, 9.17) is 16.3 Å². The SMILES string of the molecule is Cc1ccccc1C(=O)NCC(=O)NN=Cc1c(OC(=O)c2ccccc2Cl)ccc2ccccc12. The number of hydrazone groups is 1. The fraction of sp³-hybridized carbons (Fsp3) is 0.0714. The number of benzene rings is 4. The summed E-state index contributed by atoms with van der Waals surface area (Å²) >= 11 is 6.13. The van der Waals surface area contributed by atoms with Crippen LogP contribution in [0.2, 0.25) is 5.02 Å². The molecule has 2 N–H and O–H groups in total. The van der Waals surface area contributed by atoms with Gasteiger partial charge in [0.25, 0.3) is 11.8 Å². The van der Waals surface area contributed by atoms with Gasteiger partial charge in [0.15, 0.2) is 0 Å². The second-order valence-corrected chi connectivity index (χ2v) is 8.27. The van der Waals surface area contributed by atoms with Gasteiger partial charge in [0.05, 0.1) is 23.3 Å². The van der Waals surface area contributed by atoms with Crippen molar-refractivity contribution in [1.29, 1.82) is 0 Å². The Morgan fingerprint density at radius 1 is 0.889 bits per heavy atom. The third kappa shape index (κ3) is 5.76. The topological polar surface area (TPSA) is 96.9 Å². The minimum Gasteiger partial charge on any atom is -0.422 e. The predicted octanol–water partition coefficient (Wildman–Crippen LogP) is 4.90. The number of nitrogens with one attached hydrogen (secondary N) is 2. The summed E-state index contributed by atoms with van der Waals surface area (Å²) in [5, 5.41) is 8.54. The number of hydrogen-bond donors (Lipinski definition) is 2. The molecule has 0 saturated carbocycles. The Morgan fingerprint density at radius 2 is 1.58 bits per heavy atom. The van der Waals surface area contributed by atoms with Crippen LogP contribution in [-0.4, -0.2) is 30.5 Å². The van der Waals surface area contributed by atoms with Crippen molar-refractivity contribution in [1.82, 2.24) is 10.7 Å². The molecule has 0 spiro atoms. The molecule has 36 heavy (non-hydrogen) atoms. The molecule has 2 amide bonds. The van der Waals surface area contributed by atoms with Gasteiger partial charge in [0.2, 0.25) is 0 Å². The van der Waals surface area contributed by atoms with Gasteiger partial charge < -0.3 is 10.1 Å². The average Bonchev–Trinajstić information content (AvgIpc) is 2.88. The van der Waals surface area contributed by atoms with Gasteiger partial charge in [0.1, 0.15) is 5.75 Å². The molecule has 0 aromatic heterocycles. The van der Waals surface area contributed by atoms with E-state index in [0.29, 0.717) is 11.1 Å². The van der Waals surface area contributed by atoms with Crippen LogP contribution in [0, 0.1) is 6.92 Å². The van der Waals surface area contributed by atoms with E-state index in [2.05, 4.69) is 15.8 Å². The molecule has 0 saturated heterocycles. The lowest BCUT2D eigenvalue weighted by Gasteiger charge is -2.11. The first-order valence-electron chi connectivity index (χ1n) is 11.1. The van der Waals surface area contributed by atoms with E-state index in [9.17, 15) is 14.4 Å². The van der Waals surface area contributed by atoms with Gasteiger partial charge in [-0.15, -0.1) is 0 Å². The molecule has 0 aliphatic carbocycles. The van der Waals surface area contributed by atoms with E-state index in [0.717, 1.165) is 16.3 Å². The fourth-order valence-electron chi connectivity index (χ4n) is 3.57. The number of amides is 2. The first kappa shape index (κ1) is 24.6. The molecule has 0 fully saturated rings. The molecule has 4 aromatic carbocycles. The van der Waals surface area contributed by atoms with Crippen LogP contribution < -0.4 is 15.5 Å². The highest BCUT2D eigenvalue weighted by molar-refractivity contribution is 6.33. The monoisotopic (exact) mass is 499 g/mol. The fourth-order valence-corrected chi connectivity index (χ4v) is 3.78. The summed E-state index contributed by atoms with van der Waals surface area (Å²) in [5.74, 6) is -1.23. The summed E-state index contributed by atoms with van der Waals surface area (Å²) in [6.45, 7) is 1.56. The third-order valence-electron chi connectivity index (χ3n) is 5.41. The van der Waals surface area contributed by atoms with Gasteiger partial charge in [-0.05, 0) is 47.5 Å². The first-order chi connectivity index (χ1) is 17.4. The molecule has 4 rings (SSSR count). The molecule has 0 bridgehead atoms. The number of halogens is 1. The molecule has 7 nitrogen and oxygen atoms in total. The standard InChI is InChI=1S/C28H22ClN3O4/c1-18-8-2-4-10-20(18)27(34)30-17-26(33)32-31-16-23-21-11-5-3-9-19(21)14-15-25(23)36-28(35)22-12-6-7-13-24(22)29/h2-16H,17H2,1H3,(H,30,34)(H,32,33). The van der Waals surface area contributed by atoms with E-state index >= 15 is 0 Å². The Labute approximate surface area is 212 Å². The number of carbonyl (C=O) groups excluding carboxylic acids is 3. The van der Waals surface area contributed by atoms with E-state index < -0.39 is 11.9 Å². The number of carbonyl (C=O) groups is 3. The lowest BCUT2D eigenvalue weighted by molar-refractivity contribution is -0.120. The van der Waals surface area contributed by atoms with Gasteiger partial charge in [-0.1, -0.05) is 72.3 Å². The van der Waals surface area contributed by atoms with Crippen LogP contribution in [0.4, 0.5) is 0 Å². The Balaban J connectivity index is 1.49. The molecule has 0 radical (unpaired) electrons. The van der Waals surface area contributed by atoms with Crippen molar-refractivity contribution < 1.29 is 19.1 Å². The largest absolute Gasteiger partial charge is 0.422 e. The lowest BCUT2D eigenvalue weighted by Crippen LogP contribution is -2.35. The second kappa shape index (κ2) is 11.3. The van der Waals surface area contributed by atoms with Crippen LogP contribution in [0.15, 0.2) is 90.0 Å². The van der Waals surface area contributed by atoms with Crippen LogP contribution in [-0.2, 0) is 4.79 Å². The maximum absolute atomic E-state index is 12.7. The predicted molar refractivity (Wildman–Crippen MR) is 140 cm³/mol. The lowest BCUT2D eigenvalue weighted by atomic mass is 10.0. The van der Waals surface area contributed by atoms with Crippen LogP contribution in [0.25, 0.3) is 10.8 Å². The number of hydrogen-bond acceptors (Lipinski definition) is 5. The number of nitrogens with zero attached hydrogens (tertiary/aromatic N) is 1. The molecule has 8 heteroatoms. The number of aryl methyl sites for hydroxylation is 1. The van der Waals surface area contributed by atoms with E-state index in [1.54, 1.807) is 42.5 Å². The van der Waals surface area contributed by atoms with Crippen molar-refractivity contribution in [2.75, 3.05) is 6.54 Å². The molecular weight excluding hydrogens is 478 g/mol. The number of esters is 1. The third-order valence-corrected chi connectivity index (χ3v) is 5.74. The maximum atomic E-state index is 12.7. The Morgan fingerprint density at radius 3 is 2.36 bits per heavy atom. The first-order valence-corrected chi connectivity index (χ1v) is 11.5. The van der Waals surface area contributed by atoms with Crippen LogP contribution >= 0.6 is 11.6 Å². The summed E-state index contributed by atoms with van der Waals surface area (Å²) in [5.41, 5.74) is 4.42. The Bertz CT molecular complexity index is 1480. The summed E-state index contributed by atoms with van der Waals surface area (Å²) < 4.78 is 5.63. The quantitative estimate of drug-likeness (QED) is 0.163. The van der Waals surface area contributed by atoms with Crippen molar-refractivity contribution in [2.45, 2.75) is 6.92 Å². The van der Waals surface area contributed by atoms with Gasteiger partial charge in [-0.3, -0.25) is 9.59 Å². The summed E-state index contributed by atoms with van der Waals surface area (Å²) in [6, 6.07) is 24.7. The molecule has 4 aromatic rings. The highest BCUT2D eigenvalue weighted by atomic mass is 35.5. The summed E-state index contributed by atoms with van der Waals surface area (Å²) in [7, 11) is 0. The second-order valence-electron chi connectivity index (χ2n) is 7.86. The van der Waals surface area contributed by atoms with Crippen LogP contribution in [0.3, 0.4) is 0 Å². The Kier molecular flexibility index (Phi) is 7.72. The zero-order valence-corrected chi connectivity index (χ0v) is 20.1. The smallest absolute Gasteiger partial charge is 0.345 e. The summed E-state index contributed by atoms with van der Waals surface area (Å²) in [6.07, 6.45) is 1.40.